The molecule has 1 fully saturated rings. The third-order valence-corrected chi connectivity index (χ3v) is 4.75. The number of carboxylic acid groups (broad SMARTS) is 1. The predicted octanol–water partition coefficient (Wildman–Crippen LogP) is 2.92. The van der Waals surface area contributed by atoms with Crippen LogP contribution in [-0.2, 0) is 4.74 Å². The van der Waals surface area contributed by atoms with Crippen LogP contribution in [0.15, 0.2) is 60.7 Å². The van der Waals surface area contributed by atoms with Crippen molar-refractivity contribution in [1.82, 2.24) is 14.7 Å². The Bertz CT molecular complexity index is 1050. The second kappa shape index (κ2) is 7.84. The lowest BCUT2D eigenvalue weighted by molar-refractivity contribution is -0.0245. The first-order valence-corrected chi connectivity index (χ1v) is 9.08. The van der Waals surface area contributed by atoms with Gasteiger partial charge in [-0.25, -0.2) is 13.9 Å². The molecule has 0 saturated carbocycles. The summed E-state index contributed by atoms with van der Waals surface area (Å²) in [6.07, 6.45) is -0.596. The van der Waals surface area contributed by atoms with Gasteiger partial charge in [0.1, 0.15) is 17.6 Å². The molecule has 1 aromatic heterocycles. The maximum atomic E-state index is 14.1. The fraction of sp³-hybridized carbons (Fsp3) is 0.190. The number of aromatic carboxylic acids is 1. The van der Waals surface area contributed by atoms with Gasteiger partial charge in [0.05, 0.1) is 18.8 Å². The van der Waals surface area contributed by atoms with E-state index in [9.17, 15) is 19.1 Å². The molecule has 29 heavy (non-hydrogen) atoms. The molecule has 1 aliphatic rings. The van der Waals surface area contributed by atoms with Gasteiger partial charge in [0.25, 0.3) is 5.91 Å². The highest BCUT2D eigenvalue weighted by Crippen LogP contribution is 2.26. The van der Waals surface area contributed by atoms with Crippen molar-refractivity contribution in [2.75, 3.05) is 19.7 Å². The Kier molecular flexibility index (Phi) is 5.09. The number of rotatable bonds is 4. The summed E-state index contributed by atoms with van der Waals surface area (Å²) >= 11 is 0. The van der Waals surface area contributed by atoms with E-state index < -0.39 is 23.8 Å². The first kappa shape index (κ1) is 18.8. The number of carbonyl (C=O) groups is 2. The van der Waals surface area contributed by atoms with Crippen LogP contribution in [0.5, 0.6) is 0 Å². The van der Waals surface area contributed by atoms with Gasteiger partial charge < -0.3 is 14.7 Å². The van der Waals surface area contributed by atoms with E-state index >= 15 is 0 Å². The Labute approximate surface area is 165 Å². The van der Waals surface area contributed by atoms with Crippen molar-refractivity contribution in [3.8, 4) is 5.69 Å². The molecule has 1 amide bonds. The second-order valence-electron chi connectivity index (χ2n) is 6.60. The second-order valence-corrected chi connectivity index (χ2v) is 6.60. The van der Waals surface area contributed by atoms with Gasteiger partial charge >= 0.3 is 5.97 Å². The number of carbonyl (C=O) groups excluding carboxylic acids is 1. The fourth-order valence-electron chi connectivity index (χ4n) is 3.32. The molecule has 148 valence electrons. The molecule has 0 aliphatic carbocycles. The number of aromatic nitrogens is 2. The molecule has 4 rings (SSSR count). The van der Waals surface area contributed by atoms with Gasteiger partial charge in [0, 0.05) is 18.2 Å². The predicted molar refractivity (Wildman–Crippen MR) is 102 cm³/mol. The molecule has 3 aromatic rings. The van der Waals surface area contributed by atoms with Crippen LogP contribution in [0.25, 0.3) is 5.69 Å². The van der Waals surface area contributed by atoms with Gasteiger partial charge in [-0.1, -0.05) is 36.4 Å². The highest BCUT2D eigenvalue weighted by molar-refractivity contribution is 5.96. The summed E-state index contributed by atoms with van der Waals surface area (Å²) in [5.41, 5.74) is 0.856. The van der Waals surface area contributed by atoms with E-state index in [2.05, 4.69) is 5.10 Å². The molecule has 0 radical (unpaired) electrons. The van der Waals surface area contributed by atoms with Crippen LogP contribution in [0.1, 0.15) is 32.6 Å². The Balaban J connectivity index is 1.65. The van der Waals surface area contributed by atoms with Gasteiger partial charge in [-0.2, -0.15) is 5.10 Å². The summed E-state index contributed by atoms with van der Waals surface area (Å²) < 4.78 is 21.1. The summed E-state index contributed by atoms with van der Waals surface area (Å²) in [6, 6.07) is 16.4. The lowest BCUT2D eigenvalue weighted by Gasteiger charge is -2.33. The van der Waals surface area contributed by atoms with Gasteiger partial charge in [-0.3, -0.25) is 4.79 Å². The first-order chi connectivity index (χ1) is 14.0. The number of benzene rings is 2. The molecule has 0 bridgehead atoms. The minimum absolute atomic E-state index is 0.128. The van der Waals surface area contributed by atoms with Crippen molar-refractivity contribution in [2.45, 2.75) is 6.10 Å². The van der Waals surface area contributed by atoms with Gasteiger partial charge in [0.15, 0.2) is 5.69 Å². The maximum absolute atomic E-state index is 14.1. The highest BCUT2D eigenvalue weighted by atomic mass is 19.1. The lowest BCUT2D eigenvalue weighted by atomic mass is 10.1. The number of amides is 1. The number of nitrogens with zero attached hydrogens (tertiary/aromatic N) is 3. The van der Waals surface area contributed by atoms with Crippen LogP contribution in [-0.4, -0.2) is 51.4 Å². The van der Waals surface area contributed by atoms with Crippen molar-refractivity contribution in [3.63, 3.8) is 0 Å². The molecule has 2 heterocycles. The number of carboxylic acids is 1. The average Bonchev–Trinajstić information content (AvgIpc) is 3.20. The van der Waals surface area contributed by atoms with Crippen molar-refractivity contribution in [2.24, 2.45) is 0 Å². The summed E-state index contributed by atoms with van der Waals surface area (Å²) in [4.78, 5) is 26.2. The summed E-state index contributed by atoms with van der Waals surface area (Å²) in [5.74, 6) is -2.01. The normalized spacial score (nSPS) is 16.6. The molecule has 8 heteroatoms. The third-order valence-electron chi connectivity index (χ3n) is 4.75. The van der Waals surface area contributed by atoms with Gasteiger partial charge in [-0.15, -0.1) is 0 Å². The smallest absolute Gasteiger partial charge is 0.356 e. The van der Waals surface area contributed by atoms with Crippen LogP contribution in [0, 0.1) is 5.82 Å². The minimum Gasteiger partial charge on any atom is -0.476 e. The molecule has 1 atom stereocenters. The lowest BCUT2D eigenvalue weighted by Crippen LogP contribution is -2.43. The largest absolute Gasteiger partial charge is 0.476 e. The van der Waals surface area contributed by atoms with Crippen molar-refractivity contribution >= 4 is 11.9 Å². The zero-order chi connectivity index (χ0) is 20.4. The van der Waals surface area contributed by atoms with Crippen LogP contribution in [0.2, 0.25) is 0 Å². The molecular weight excluding hydrogens is 377 g/mol. The Morgan fingerprint density at radius 2 is 1.83 bits per heavy atom. The molecule has 1 aliphatic heterocycles. The van der Waals surface area contributed by atoms with Crippen molar-refractivity contribution in [1.29, 1.82) is 0 Å². The first-order valence-electron chi connectivity index (χ1n) is 9.08. The Hall–Kier alpha value is -3.52. The van der Waals surface area contributed by atoms with Gasteiger partial charge in [-0.05, 0) is 18.2 Å². The van der Waals surface area contributed by atoms with Crippen molar-refractivity contribution in [3.05, 3.63) is 83.4 Å². The van der Waals surface area contributed by atoms with E-state index in [4.69, 9.17) is 4.74 Å². The molecule has 1 N–H and O–H groups in total. The Morgan fingerprint density at radius 3 is 2.55 bits per heavy atom. The van der Waals surface area contributed by atoms with E-state index in [0.29, 0.717) is 17.8 Å². The summed E-state index contributed by atoms with van der Waals surface area (Å²) in [7, 11) is 0. The number of ether oxygens (including phenoxy) is 1. The van der Waals surface area contributed by atoms with E-state index in [1.807, 2.05) is 6.07 Å². The summed E-state index contributed by atoms with van der Waals surface area (Å²) in [6.45, 7) is 0.713. The van der Waals surface area contributed by atoms with E-state index in [-0.39, 0.29) is 24.5 Å². The number of halogens is 1. The standard InChI is InChI=1S/C21H18FN3O4/c22-16-9-5-4-8-15(16)19-13-24(10-11-29-19)20(26)18-12-17(21(27)28)23-25(18)14-6-2-1-3-7-14/h1-9,12,19H,10-11,13H2,(H,27,28)/t19-/m0/s1. The van der Waals surface area contributed by atoms with Gasteiger partial charge in [0.2, 0.25) is 0 Å². The molecule has 1 saturated heterocycles. The summed E-state index contributed by atoms with van der Waals surface area (Å²) in [5, 5.41) is 13.4. The maximum Gasteiger partial charge on any atom is 0.356 e. The zero-order valence-corrected chi connectivity index (χ0v) is 15.4. The van der Waals surface area contributed by atoms with E-state index in [1.54, 1.807) is 42.5 Å². The van der Waals surface area contributed by atoms with Crippen LogP contribution < -0.4 is 0 Å². The van der Waals surface area contributed by atoms with Crippen molar-refractivity contribution < 1.29 is 23.8 Å². The molecule has 7 nitrogen and oxygen atoms in total. The minimum atomic E-state index is -1.22. The molecular formula is C21H18FN3O4. The average molecular weight is 395 g/mol. The third kappa shape index (κ3) is 3.74. The van der Waals surface area contributed by atoms with Crippen LogP contribution in [0.4, 0.5) is 4.39 Å². The van der Waals surface area contributed by atoms with E-state index in [1.165, 1.54) is 21.7 Å². The fourth-order valence-corrected chi connectivity index (χ4v) is 3.32. The number of hydrogen-bond donors (Lipinski definition) is 1. The number of morpholine rings is 1. The van der Waals surface area contributed by atoms with Crippen LogP contribution >= 0.6 is 0 Å². The van der Waals surface area contributed by atoms with Crippen LogP contribution in [0.3, 0.4) is 0 Å². The number of hydrogen-bond acceptors (Lipinski definition) is 4. The zero-order valence-electron chi connectivity index (χ0n) is 15.4. The number of para-hydroxylation sites is 1. The monoisotopic (exact) mass is 395 g/mol. The molecule has 2 aromatic carbocycles. The highest BCUT2D eigenvalue weighted by Gasteiger charge is 2.30. The topological polar surface area (TPSA) is 84.7 Å². The molecule has 0 unspecified atom stereocenters. The molecule has 0 spiro atoms. The quantitative estimate of drug-likeness (QED) is 0.734. The Morgan fingerprint density at radius 1 is 1.10 bits per heavy atom. The SMILES string of the molecule is O=C(O)c1cc(C(=O)N2CCO[C@H](c3ccccc3F)C2)n(-c2ccccc2)n1. The van der Waals surface area contributed by atoms with E-state index in [0.717, 1.165) is 0 Å².